The van der Waals surface area contributed by atoms with E-state index in [0.29, 0.717) is 17.7 Å². The minimum absolute atomic E-state index is 0.0845. The molecule has 0 aromatic heterocycles. The summed E-state index contributed by atoms with van der Waals surface area (Å²) in [6, 6.07) is 14.4. The summed E-state index contributed by atoms with van der Waals surface area (Å²) >= 11 is 3.25. The summed E-state index contributed by atoms with van der Waals surface area (Å²) in [5.74, 6) is -0.223. The first-order valence-corrected chi connectivity index (χ1v) is 7.07. The maximum atomic E-state index is 13.8. The highest BCUT2D eigenvalue weighted by Gasteiger charge is 2.10. The van der Waals surface area contributed by atoms with Crippen LogP contribution in [0, 0.1) is 17.1 Å². The molecule has 1 atom stereocenters. The fraction of sp³-hybridized carbons (Fsp3) is 0.188. The SMILES string of the molecule is CC(NCc1ccc(C#N)cc1)c1ccc(Br)cc1F. The molecule has 0 aliphatic carbocycles. The third kappa shape index (κ3) is 3.66. The highest BCUT2D eigenvalue weighted by atomic mass is 79.9. The lowest BCUT2D eigenvalue weighted by Gasteiger charge is -2.15. The van der Waals surface area contributed by atoms with Gasteiger partial charge in [0.05, 0.1) is 11.6 Å². The van der Waals surface area contributed by atoms with Crippen molar-refractivity contribution in [2.24, 2.45) is 0 Å². The molecule has 4 heteroatoms. The van der Waals surface area contributed by atoms with E-state index in [2.05, 4.69) is 27.3 Å². The zero-order chi connectivity index (χ0) is 14.5. The molecule has 0 aliphatic rings. The number of benzene rings is 2. The standard InChI is InChI=1S/C16H14BrFN2/c1-11(15-7-6-14(17)8-16(15)18)20-10-13-4-2-12(9-19)3-5-13/h2-8,11,20H,10H2,1H3. The van der Waals surface area contributed by atoms with E-state index in [1.54, 1.807) is 18.2 Å². The summed E-state index contributed by atoms with van der Waals surface area (Å²) in [5.41, 5.74) is 2.34. The van der Waals surface area contributed by atoms with Gasteiger partial charge in [0.1, 0.15) is 5.82 Å². The molecular formula is C16H14BrFN2. The van der Waals surface area contributed by atoms with E-state index in [4.69, 9.17) is 5.26 Å². The van der Waals surface area contributed by atoms with E-state index in [9.17, 15) is 4.39 Å². The van der Waals surface area contributed by atoms with Crippen molar-refractivity contribution in [2.75, 3.05) is 0 Å². The number of rotatable bonds is 4. The lowest BCUT2D eigenvalue weighted by atomic mass is 10.1. The second kappa shape index (κ2) is 6.65. The van der Waals surface area contributed by atoms with Gasteiger partial charge < -0.3 is 5.32 Å². The maximum absolute atomic E-state index is 13.8. The normalized spacial score (nSPS) is 11.9. The highest BCUT2D eigenvalue weighted by molar-refractivity contribution is 9.10. The second-order valence-corrected chi connectivity index (χ2v) is 5.49. The Labute approximate surface area is 126 Å². The van der Waals surface area contributed by atoms with Gasteiger partial charge in [0.25, 0.3) is 0 Å². The van der Waals surface area contributed by atoms with Gasteiger partial charge in [0.2, 0.25) is 0 Å². The lowest BCUT2D eigenvalue weighted by Crippen LogP contribution is -2.19. The van der Waals surface area contributed by atoms with Crippen LogP contribution in [0.5, 0.6) is 0 Å². The molecule has 2 aromatic carbocycles. The van der Waals surface area contributed by atoms with Crippen LogP contribution in [0.4, 0.5) is 4.39 Å². The van der Waals surface area contributed by atoms with Crippen LogP contribution in [0.2, 0.25) is 0 Å². The van der Waals surface area contributed by atoms with E-state index >= 15 is 0 Å². The number of hydrogen-bond donors (Lipinski definition) is 1. The third-order valence-corrected chi connectivity index (χ3v) is 3.62. The van der Waals surface area contributed by atoms with Crippen LogP contribution in [0.15, 0.2) is 46.9 Å². The minimum Gasteiger partial charge on any atom is -0.306 e. The zero-order valence-corrected chi connectivity index (χ0v) is 12.6. The smallest absolute Gasteiger partial charge is 0.129 e. The van der Waals surface area contributed by atoms with Crippen LogP contribution >= 0.6 is 15.9 Å². The topological polar surface area (TPSA) is 35.8 Å². The first-order valence-electron chi connectivity index (χ1n) is 6.27. The predicted octanol–water partition coefficient (Wildman–Crippen LogP) is 4.31. The summed E-state index contributed by atoms with van der Waals surface area (Å²) in [4.78, 5) is 0. The molecular weight excluding hydrogens is 319 g/mol. The van der Waals surface area contributed by atoms with E-state index in [1.807, 2.05) is 25.1 Å². The molecule has 0 aliphatic heterocycles. The van der Waals surface area contributed by atoms with Crippen molar-refractivity contribution in [1.29, 1.82) is 5.26 Å². The van der Waals surface area contributed by atoms with Gasteiger partial charge in [0.15, 0.2) is 0 Å². The molecule has 2 rings (SSSR count). The van der Waals surface area contributed by atoms with Crippen molar-refractivity contribution in [3.8, 4) is 6.07 Å². The number of nitriles is 1. The van der Waals surface area contributed by atoms with Crippen molar-refractivity contribution in [3.63, 3.8) is 0 Å². The van der Waals surface area contributed by atoms with Crippen LogP contribution in [0.1, 0.15) is 29.7 Å². The largest absolute Gasteiger partial charge is 0.306 e. The molecule has 0 radical (unpaired) electrons. The molecule has 2 aromatic rings. The number of hydrogen-bond acceptors (Lipinski definition) is 2. The Morgan fingerprint density at radius 3 is 2.55 bits per heavy atom. The summed E-state index contributed by atoms with van der Waals surface area (Å²) in [6.07, 6.45) is 0. The van der Waals surface area contributed by atoms with E-state index in [1.165, 1.54) is 6.07 Å². The molecule has 1 N–H and O–H groups in total. The minimum atomic E-state index is -0.223. The van der Waals surface area contributed by atoms with Gasteiger partial charge in [-0.25, -0.2) is 4.39 Å². The van der Waals surface area contributed by atoms with Crippen LogP contribution in [-0.2, 0) is 6.54 Å². The fourth-order valence-corrected chi connectivity index (χ4v) is 2.26. The molecule has 0 heterocycles. The van der Waals surface area contributed by atoms with E-state index in [-0.39, 0.29) is 11.9 Å². The molecule has 2 nitrogen and oxygen atoms in total. The number of halogens is 2. The highest BCUT2D eigenvalue weighted by Crippen LogP contribution is 2.21. The monoisotopic (exact) mass is 332 g/mol. The molecule has 0 amide bonds. The molecule has 20 heavy (non-hydrogen) atoms. The van der Waals surface area contributed by atoms with E-state index in [0.717, 1.165) is 10.0 Å². The summed E-state index contributed by atoms with van der Waals surface area (Å²) in [6.45, 7) is 2.55. The van der Waals surface area contributed by atoms with Crippen molar-refractivity contribution in [2.45, 2.75) is 19.5 Å². The van der Waals surface area contributed by atoms with Gasteiger partial charge in [-0.3, -0.25) is 0 Å². The first kappa shape index (κ1) is 14.7. The Morgan fingerprint density at radius 1 is 1.25 bits per heavy atom. The van der Waals surface area contributed by atoms with Gasteiger partial charge >= 0.3 is 0 Å². The zero-order valence-electron chi connectivity index (χ0n) is 11.0. The summed E-state index contributed by atoms with van der Waals surface area (Å²) < 4.78 is 14.6. The van der Waals surface area contributed by atoms with Crippen LogP contribution in [-0.4, -0.2) is 0 Å². The van der Waals surface area contributed by atoms with Crippen molar-refractivity contribution in [1.82, 2.24) is 5.32 Å². The van der Waals surface area contributed by atoms with Gasteiger partial charge in [-0.2, -0.15) is 5.26 Å². The number of nitrogens with zero attached hydrogens (tertiary/aromatic N) is 1. The van der Waals surface area contributed by atoms with Crippen molar-refractivity contribution >= 4 is 15.9 Å². The predicted molar refractivity (Wildman–Crippen MR) is 80.5 cm³/mol. The molecule has 0 fully saturated rings. The molecule has 0 spiro atoms. The van der Waals surface area contributed by atoms with Crippen molar-refractivity contribution < 1.29 is 4.39 Å². The number of nitrogens with one attached hydrogen (secondary N) is 1. The van der Waals surface area contributed by atoms with Crippen LogP contribution < -0.4 is 5.32 Å². The Morgan fingerprint density at radius 2 is 1.95 bits per heavy atom. The van der Waals surface area contributed by atoms with Gasteiger partial charge in [-0.1, -0.05) is 34.1 Å². The fourth-order valence-electron chi connectivity index (χ4n) is 1.93. The van der Waals surface area contributed by atoms with Gasteiger partial charge in [-0.05, 0) is 36.8 Å². The summed E-state index contributed by atoms with van der Waals surface area (Å²) in [7, 11) is 0. The average molecular weight is 333 g/mol. The van der Waals surface area contributed by atoms with E-state index < -0.39 is 0 Å². The van der Waals surface area contributed by atoms with Gasteiger partial charge in [0, 0.05) is 22.6 Å². The Kier molecular flexibility index (Phi) is 4.89. The maximum Gasteiger partial charge on any atom is 0.129 e. The van der Waals surface area contributed by atoms with Crippen molar-refractivity contribution in [3.05, 3.63) is 69.4 Å². The quantitative estimate of drug-likeness (QED) is 0.905. The molecule has 0 saturated heterocycles. The third-order valence-electron chi connectivity index (χ3n) is 3.12. The first-order chi connectivity index (χ1) is 9.60. The Hall–Kier alpha value is -1.70. The Balaban J connectivity index is 2.01. The molecule has 102 valence electrons. The molecule has 0 bridgehead atoms. The molecule has 1 unspecified atom stereocenters. The van der Waals surface area contributed by atoms with Crippen LogP contribution in [0.25, 0.3) is 0 Å². The molecule has 0 saturated carbocycles. The lowest BCUT2D eigenvalue weighted by molar-refractivity contribution is 0.528. The Bertz CT molecular complexity index is 632. The average Bonchev–Trinajstić information content (AvgIpc) is 2.45. The summed E-state index contributed by atoms with van der Waals surface area (Å²) in [5, 5.41) is 12.0. The van der Waals surface area contributed by atoms with Crippen LogP contribution in [0.3, 0.4) is 0 Å². The second-order valence-electron chi connectivity index (χ2n) is 4.58. The van der Waals surface area contributed by atoms with Gasteiger partial charge in [-0.15, -0.1) is 0 Å².